The lowest BCUT2D eigenvalue weighted by molar-refractivity contribution is -0.359. The quantitative estimate of drug-likeness (QED) is 0.0518. The van der Waals surface area contributed by atoms with E-state index in [2.05, 4.69) is 19.2 Å². The van der Waals surface area contributed by atoms with Crippen molar-refractivity contribution in [2.75, 3.05) is 19.8 Å². The van der Waals surface area contributed by atoms with Crippen molar-refractivity contribution in [3.05, 3.63) is 12.2 Å². The van der Waals surface area contributed by atoms with E-state index in [1.807, 2.05) is 6.08 Å². The highest BCUT2D eigenvalue weighted by Crippen LogP contribution is 2.29. The SMILES string of the molecule is CCCCCC/C=C/C(O)C(COC1OC(CO)C(OC2OC(CO)C(O)C(O)C2O)C(O)C1O)NC(=O)CCCCCCCCC. The molecular formula is C33H61NO13. The van der Waals surface area contributed by atoms with Crippen LogP contribution in [0.25, 0.3) is 0 Å². The fourth-order valence-corrected chi connectivity index (χ4v) is 5.70. The number of unbranched alkanes of at least 4 members (excludes halogenated alkanes) is 10. The normalized spacial score (nSPS) is 32.8. The first-order valence-electron chi connectivity index (χ1n) is 17.4. The number of aliphatic hydroxyl groups is 8. The molecule has 1 amide bonds. The van der Waals surface area contributed by atoms with Gasteiger partial charge in [0.25, 0.3) is 0 Å². The number of hydrogen-bond donors (Lipinski definition) is 9. The molecule has 0 radical (unpaired) electrons. The minimum atomic E-state index is -1.78. The van der Waals surface area contributed by atoms with Crippen LogP contribution in [0.2, 0.25) is 0 Å². The number of rotatable bonds is 23. The summed E-state index contributed by atoms with van der Waals surface area (Å²) < 4.78 is 22.4. The van der Waals surface area contributed by atoms with E-state index in [0.717, 1.165) is 51.4 Å². The van der Waals surface area contributed by atoms with E-state index in [0.29, 0.717) is 6.42 Å². The first-order valence-corrected chi connectivity index (χ1v) is 17.4. The number of allylic oxidation sites excluding steroid dienone is 1. The van der Waals surface area contributed by atoms with Gasteiger partial charge in [0.1, 0.15) is 48.8 Å². The molecule has 47 heavy (non-hydrogen) atoms. The molecular weight excluding hydrogens is 618 g/mol. The lowest BCUT2D eigenvalue weighted by Gasteiger charge is -2.46. The van der Waals surface area contributed by atoms with Gasteiger partial charge in [-0.3, -0.25) is 4.79 Å². The molecule has 0 aromatic rings. The van der Waals surface area contributed by atoms with Crippen LogP contribution in [0, 0.1) is 0 Å². The van der Waals surface area contributed by atoms with Gasteiger partial charge in [-0.15, -0.1) is 0 Å². The first kappa shape index (κ1) is 41.9. The third-order valence-corrected chi connectivity index (χ3v) is 8.72. The van der Waals surface area contributed by atoms with E-state index in [-0.39, 0.29) is 18.9 Å². The van der Waals surface area contributed by atoms with E-state index in [1.54, 1.807) is 6.08 Å². The molecule has 2 aliphatic rings. The van der Waals surface area contributed by atoms with Gasteiger partial charge in [-0.2, -0.15) is 0 Å². The molecule has 14 heteroatoms. The number of nitrogens with one attached hydrogen (secondary N) is 1. The van der Waals surface area contributed by atoms with Crippen LogP contribution in [0.4, 0.5) is 0 Å². The van der Waals surface area contributed by atoms with Crippen LogP contribution in [0.1, 0.15) is 97.3 Å². The summed E-state index contributed by atoms with van der Waals surface area (Å²) >= 11 is 0. The fourth-order valence-electron chi connectivity index (χ4n) is 5.70. The van der Waals surface area contributed by atoms with Gasteiger partial charge in [0.05, 0.1) is 32.0 Å². The zero-order valence-corrected chi connectivity index (χ0v) is 28.0. The minimum Gasteiger partial charge on any atom is -0.394 e. The maximum atomic E-state index is 12.8. The zero-order valence-electron chi connectivity index (χ0n) is 28.0. The number of amides is 1. The summed E-state index contributed by atoms with van der Waals surface area (Å²) in [6, 6.07) is -0.900. The van der Waals surface area contributed by atoms with Crippen molar-refractivity contribution < 1.29 is 64.6 Å². The number of carbonyl (C=O) groups is 1. The summed E-state index contributed by atoms with van der Waals surface area (Å²) in [7, 11) is 0. The Morgan fingerprint density at radius 3 is 1.96 bits per heavy atom. The van der Waals surface area contributed by atoms with Crippen molar-refractivity contribution in [1.82, 2.24) is 5.32 Å². The third-order valence-electron chi connectivity index (χ3n) is 8.72. The maximum absolute atomic E-state index is 12.8. The Morgan fingerprint density at radius 1 is 0.745 bits per heavy atom. The molecule has 0 bridgehead atoms. The maximum Gasteiger partial charge on any atom is 0.220 e. The van der Waals surface area contributed by atoms with E-state index >= 15 is 0 Å². The first-order chi connectivity index (χ1) is 22.6. The lowest BCUT2D eigenvalue weighted by atomic mass is 9.97. The lowest BCUT2D eigenvalue weighted by Crippen LogP contribution is -2.65. The molecule has 14 nitrogen and oxygen atoms in total. The number of ether oxygens (including phenoxy) is 4. The summed E-state index contributed by atoms with van der Waals surface area (Å²) in [5, 5.41) is 85.4. The predicted octanol–water partition coefficient (Wildman–Crippen LogP) is 0.140. The Kier molecular flexibility index (Phi) is 20.7. The standard InChI is InChI=1S/C33H61NO13/c1-3-5-7-9-11-13-15-17-25(38)34-21(22(37)16-14-12-10-8-6-4-2)20-44-32-30(43)28(41)31(24(19-36)46-32)47-33-29(42)27(40)26(39)23(18-35)45-33/h14,16,21-24,26-33,35-37,39-43H,3-13,15,17-20H2,1-2H3,(H,34,38)/b16-14+. The summed E-state index contributed by atoms with van der Waals surface area (Å²) in [6.45, 7) is 2.57. The Hall–Kier alpha value is -1.27. The highest BCUT2D eigenvalue weighted by molar-refractivity contribution is 5.76. The second-order valence-corrected chi connectivity index (χ2v) is 12.7. The average Bonchev–Trinajstić information content (AvgIpc) is 3.06. The zero-order chi connectivity index (χ0) is 34.8. The van der Waals surface area contributed by atoms with Crippen LogP contribution < -0.4 is 5.32 Å². The van der Waals surface area contributed by atoms with Crippen molar-refractivity contribution >= 4 is 5.91 Å². The van der Waals surface area contributed by atoms with Gasteiger partial charge in [0, 0.05) is 6.42 Å². The van der Waals surface area contributed by atoms with Gasteiger partial charge in [-0.25, -0.2) is 0 Å². The highest BCUT2D eigenvalue weighted by Gasteiger charge is 2.50. The molecule has 2 heterocycles. The van der Waals surface area contributed by atoms with E-state index in [9.17, 15) is 45.6 Å². The summed E-state index contributed by atoms with van der Waals surface area (Å²) in [6.07, 6.45) is -0.785. The van der Waals surface area contributed by atoms with Crippen molar-refractivity contribution in [3.63, 3.8) is 0 Å². The van der Waals surface area contributed by atoms with Gasteiger partial charge in [-0.05, 0) is 19.3 Å². The number of hydrogen-bond acceptors (Lipinski definition) is 13. The molecule has 12 atom stereocenters. The largest absolute Gasteiger partial charge is 0.394 e. The minimum absolute atomic E-state index is 0.256. The van der Waals surface area contributed by atoms with Gasteiger partial charge >= 0.3 is 0 Å². The van der Waals surface area contributed by atoms with E-state index in [4.69, 9.17) is 18.9 Å². The van der Waals surface area contributed by atoms with Crippen molar-refractivity contribution in [2.45, 2.75) is 171 Å². The molecule has 12 unspecified atom stereocenters. The molecule has 2 saturated heterocycles. The summed E-state index contributed by atoms with van der Waals surface area (Å²) in [4.78, 5) is 12.8. The van der Waals surface area contributed by atoms with Crippen molar-refractivity contribution in [3.8, 4) is 0 Å². The molecule has 276 valence electrons. The Balaban J connectivity index is 2.02. The molecule has 9 N–H and O–H groups in total. The second-order valence-electron chi connectivity index (χ2n) is 12.7. The number of carbonyl (C=O) groups excluding carboxylic acids is 1. The second kappa shape index (κ2) is 23.2. The fraction of sp³-hybridized carbons (Fsp3) is 0.909. The van der Waals surface area contributed by atoms with Crippen LogP contribution in [0.3, 0.4) is 0 Å². The summed E-state index contributed by atoms with van der Waals surface area (Å²) in [5.41, 5.74) is 0. The van der Waals surface area contributed by atoms with Crippen LogP contribution in [0.5, 0.6) is 0 Å². The Labute approximate surface area is 278 Å². The molecule has 0 spiro atoms. The van der Waals surface area contributed by atoms with Crippen LogP contribution in [-0.2, 0) is 23.7 Å². The Morgan fingerprint density at radius 2 is 1.32 bits per heavy atom. The van der Waals surface area contributed by atoms with Gasteiger partial charge in [0.15, 0.2) is 12.6 Å². The van der Waals surface area contributed by atoms with Crippen molar-refractivity contribution in [1.29, 1.82) is 0 Å². The predicted molar refractivity (Wildman–Crippen MR) is 171 cm³/mol. The summed E-state index contributed by atoms with van der Waals surface area (Å²) in [5.74, 6) is -0.256. The Bertz CT molecular complexity index is 862. The highest BCUT2D eigenvalue weighted by atomic mass is 16.7. The molecule has 0 aromatic carbocycles. The van der Waals surface area contributed by atoms with Gasteiger partial charge in [0.2, 0.25) is 5.91 Å². The monoisotopic (exact) mass is 679 g/mol. The molecule has 2 aliphatic heterocycles. The van der Waals surface area contributed by atoms with Crippen LogP contribution >= 0.6 is 0 Å². The van der Waals surface area contributed by atoms with Gasteiger partial charge < -0.3 is 65.1 Å². The smallest absolute Gasteiger partial charge is 0.220 e. The molecule has 2 rings (SSSR count). The van der Waals surface area contributed by atoms with Crippen LogP contribution in [-0.4, -0.2) is 140 Å². The van der Waals surface area contributed by atoms with E-state index < -0.39 is 86.8 Å². The van der Waals surface area contributed by atoms with Gasteiger partial charge in [-0.1, -0.05) is 83.8 Å². The molecule has 0 saturated carbocycles. The molecule has 0 aliphatic carbocycles. The number of aliphatic hydroxyl groups excluding tert-OH is 8. The molecule has 0 aromatic heterocycles. The topological polar surface area (TPSA) is 228 Å². The average molecular weight is 680 g/mol. The third kappa shape index (κ3) is 13.9. The van der Waals surface area contributed by atoms with Crippen molar-refractivity contribution in [2.24, 2.45) is 0 Å². The van der Waals surface area contributed by atoms with Crippen LogP contribution in [0.15, 0.2) is 12.2 Å². The van der Waals surface area contributed by atoms with E-state index in [1.165, 1.54) is 19.3 Å². The molecule has 2 fully saturated rings.